The number of hydrogen-bond acceptors (Lipinski definition) is 2. The summed E-state index contributed by atoms with van der Waals surface area (Å²) in [6, 6.07) is 0. The van der Waals surface area contributed by atoms with Gasteiger partial charge in [0.1, 0.15) is 0 Å². The molecule has 0 fully saturated rings. The molecule has 1 unspecified atom stereocenters. The van der Waals surface area contributed by atoms with E-state index in [1.54, 1.807) is 6.08 Å². The number of hydrogen-bond donors (Lipinski definition) is 2. The second-order valence-electron chi connectivity index (χ2n) is 3.84. The summed E-state index contributed by atoms with van der Waals surface area (Å²) < 4.78 is 0. The highest BCUT2D eigenvalue weighted by molar-refractivity contribution is 5.77. The van der Waals surface area contributed by atoms with E-state index in [1.807, 2.05) is 6.08 Å². The predicted octanol–water partition coefficient (Wildman–Crippen LogP) is 2.69. The molecule has 2 N–H and O–H groups in total. The minimum Gasteiger partial charge on any atom is -0.481 e. The average molecular weight is 228 g/mol. The monoisotopic (exact) mass is 228 g/mol. The zero-order valence-corrected chi connectivity index (χ0v) is 9.69. The van der Waals surface area contributed by atoms with Crippen molar-refractivity contribution < 1.29 is 19.8 Å². The number of unbranched alkanes of at least 4 members (excludes halogenated alkanes) is 3. The highest BCUT2D eigenvalue weighted by Gasteiger charge is 2.18. The molecule has 0 aromatic carbocycles. The van der Waals surface area contributed by atoms with Crippen molar-refractivity contribution in [1.82, 2.24) is 0 Å². The topological polar surface area (TPSA) is 74.6 Å². The first kappa shape index (κ1) is 14.7. The lowest BCUT2D eigenvalue weighted by atomic mass is 10.0. The Bertz CT molecular complexity index is 245. The summed E-state index contributed by atoms with van der Waals surface area (Å²) in [7, 11) is 0. The maximum atomic E-state index is 10.7. The van der Waals surface area contributed by atoms with Gasteiger partial charge in [0.25, 0.3) is 0 Å². The molecule has 16 heavy (non-hydrogen) atoms. The van der Waals surface area contributed by atoms with E-state index in [-0.39, 0.29) is 6.42 Å². The normalized spacial score (nSPS) is 12.8. The molecule has 92 valence electrons. The maximum absolute atomic E-state index is 10.7. The first-order chi connectivity index (χ1) is 7.57. The molecule has 0 radical (unpaired) electrons. The molecule has 1 atom stereocenters. The Labute approximate surface area is 96.0 Å². The van der Waals surface area contributed by atoms with Crippen LogP contribution in [-0.4, -0.2) is 22.2 Å². The average Bonchev–Trinajstić information content (AvgIpc) is 2.20. The maximum Gasteiger partial charge on any atom is 0.307 e. The summed E-state index contributed by atoms with van der Waals surface area (Å²) in [6.45, 7) is 2.12. The van der Waals surface area contributed by atoms with E-state index in [2.05, 4.69) is 6.92 Å². The molecule has 4 nitrogen and oxygen atoms in total. The Morgan fingerprint density at radius 1 is 1.19 bits per heavy atom. The number of carboxylic acids is 2. The summed E-state index contributed by atoms with van der Waals surface area (Å²) in [5, 5.41) is 17.3. The number of carboxylic acid groups (broad SMARTS) is 2. The van der Waals surface area contributed by atoms with E-state index >= 15 is 0 Å². The van der Waals surface area contributed by atoms with Crippen LogP contribution < -0.4 is 0 Å². The van der Waals surface area contributed by atoms with Crippen molar-refractivity contribution in [3.05, 3.63) is 12.2 Å². The largest absolute Gasteiger partial charge is 0.481 e. The van der Waals surface area contributed by atoms with Crippen LogP contribution in [0.4, 0.5) is 0 Å². The fourth-order valence-corrected chi connectivity index (χ4v) is 1.37. The molecule has 0 aliphatic carbocycles. The molecular weight excluding hydrogens is 208 g/mol. The van der Waals surface area contributed by atoms with E-state index in [0.29, 0.717) is 6.42 Å². The molecule has 0 heterocycles. The summed E-state index contributed by atoms with van der Waals surface area (Å²) in [6.07, 6.45) is 8.07. The smallest absolute Gasteiger partial charge is 0.307 e. The van der Waals surface area contributed by atoms with Gasteiger partial charge in [-0.25, -0.2) is 0 Å². The van der Waals surface area contributed by atoms with Gasteiger partial charge in [-0.1, -0.05) is 31.9 Å². The van der Waals surface area contributed by atoms with Gasteiger partial charge >= 0.3 is 11.9 Å². The van der Waals surface area contributed by atoms with Gasteiger partial charge < -0.3 is 10.2 Å². The standard InChI is InChI=1S/C12H20O4/c1-2-3-4-5-6-7-8-10(12(15)16)9-11(13)14/h6-7,10H,2-5,8-9H2,1H3,(H,13,14)(H,15,16). The summed E-state index contributed by atoms with van der Waals surface area (Å²) in [5.74, 6) is -2.91. The summed E-state index contributed by atoms with van der Waals surface area (Å²) >= 11 is 0. The van der Waals surface area contributed by atoms with E-state index in [1.165, 1.54) is 6.42 Å². The third-order valence-electron chi connectivity index (χ3n) is 2.33. The quantitative estimate of drug-likeness (QED) is 0.470. The van der Waals surface area contributed by atoms with Crippen molar-refractivity contribution in [2.45, 2.75) is 45.4 Å². The number of aliphatic carboxylic acids is 2. The van der Waals surface area contributed by atoms with Crippen LogP contribution in [0.3, 0.4) is 0 Å². The van der Waals surface area contributed by atoms with Crippen LogP contribution in [0.5, 0.6) is 0 Å². The lowest BCUT2D eigenvalue weighted by molar-refractivity contribution is -0.148. The Kier molecular flexibility index (Phi) is 8.21. The van der Waals surface area contributed by atoms with Crippen LogP contribution in [0.2, 0.25) is 0 Å². The highest BCUT2D eigenvalue weighted by atomic mass is 16.4. The van der Waals surface area contributed by atoms with E-state index in [9.17, 15) is 9.59 Å². The molecule has 0 aromatic rings. The van der Waals surface area contributed by atoms with Crippen molar-refractivity contribution in [2.24, 2.45) is 5.92 Å². The Morgan fingerprint density at radius 3 is 2.38 bits per heavy atom. The molecule has 0 amide bonds. The fourth-order valence-electron chi connectivity index (χ4n) is 1.37. The van der Waals surface area contributed by atoms with Crippen molar-refractivity contribution >= 4 is 11.9 Å². The second kappa shape index (κ2) is 8.95. The molecule has 0 rings (SSSR count). The molecule has 0 aliphatic heterocycles. The second-order valence-corrected chi connectivity index (χ2v) is 3.84. The third kappa shape index (κ3) is 8.03. The molecule has 4 heteroatoms. The van der Waals surface area contributed by atoms with Crippen LogP contribution in [-0.2, 0) is 9.59 Å². The molecule has 0 saturated heterocycles. The van der Waals surface area contributed by atoms with Crippen LogP contribution in [0.25, 0.3) is 0 Å². The highest BCUT2D eigenvalue weighted by Crippen LogP contribution is 2.10. The first-order valence-electron chi connectivity index (χ1n) is 5.67. The van der Waals surface area contributed by atoms with E-state index < -0.39 is 17.9 Å². The molecule has 0 aromatic heterocycles. The fraction of sp³-hybridized carbons (Fsp3) is 0.667. The van der Waals surface area contributed by atoms with Crippen molar-refractivity contribution in [3.63, 3.8) is 0 Å². The number of allylic oxidation sites excluding steroid dienone is 2. The van der Waals surface area contributed by atoms with Gasteiger partial charge in [0, 0.05) is 0 Å². The molecule has 0 bridgehead atoms. The van der Waals surface area contributed by atoms with Gasteiger partial charge in [-0.3, -0.25) is 9.59 Å². The van der Waals surface area contributed by atoms with Gasteiger partial charge in [-0.2, -0.15) is 0 Å². The first-order valence-corrected chi connectivity index (χ1v) is 5.67. The minimum absolute atomic E-state index is 0.299. The van der Waals surface area contributed by atoms with E-state index in [0.717, 1.165) is 19.3 Å². The van der Waals surface area contributed by atoms with Crippen LogP contribution in [0, 0.1) is 5.92 Å². The van der Waals surface area contributed by atoms with Gasteiger partial charge in [-0.15, -0.1) is 0 Å². The van der Waals surface area contributed by atoms with Crippen molar-refractivity contribution in [1.29, 1.82) is 0 Å². The third-order valence-corrected chi connectivity index (χ3v) is 2.33. The zero-order valence-electron chi connectivity index (χ0n) is 9.69. The van der Waals surface area contributed by atoms with Gasteiger partial charge in [0.05, 0.1) is 12.3 Å². The molecule has 0 saturated carbocycles. The van der Waals surface area contributed by atoms with Crippen molar-refractivity contribution in [3.8, 4) is 0 Å². The minimum atomic E-state index is -1.06. The van der Waals surface area contributed by atoms with Gasteiger partial charge in [-0.05, 0) is 19.3 Å². The predicted molar refractivity (Wildman–Crippen MR) is 61.3 cm³/mol. The molecule has 0 spiro atoms. The molecule has 0 aliphatic rings. The summed E-state index contributed by atoms with van der Waals surface area (Å²) in [4.78, 5) is 21.1. The Morgan fingerprint density at radius 2 is 1.88 bits per heavy atom. The van der Waals surface area contributed by atoms with Crippen LogP contribution in [0.1, 0.15) is 45.4 Å². The Balaban J connectivity index is 3.83. The van der Waals surface area contributed by atoms with Gasteiger partial charge in [0.15, 0.2) is 0 Å². The number of carbonyl (C=O) groups is 2. The van der Waals surface area contributed by atoms with Crippen LogP contribution >= 0.6 is 0 Å². The van der Waals surface area contributed by atoms with Gasteiger partial charge in [0.2, 0.25) is 0 Å². The lowest BCUT2D eigenvalue weighted by Crippen LogP contribution is -2.16. The number of rotatable bonds is 9. The zero-order chi connectivity index (χ0) is 12.4. The SMILES string of the molecule is CCCCCC=CCC(CC(=O)O)C(=O)O. The lowest BCUT2D eigenvalue weighted by Gasteiger charge is -2.05. The van der Waals surface area contributed by atoms with E-state index in [4.69, 9.17) is 10.2 Å². The van der Waals surface area contributed by atoms with Crippen molar-refractivity contribution in [2.75, 3.05) is 0 Å². The summed E-state index contributed by atoms with van der Waals surface area (Å²) in [5.41, 5.74) is 0. The van der Waals surface area contributed by atoms with Crippen LogP contribution in [0.15, 0.2) is 12.2 Å². The Hall–Kier alpha value is -1.32. The molecular formula is C12H20O4.